The number of carbonyl (C=O) groups is 1. The summed E-state index contributed by atoms with van der Waals surface area (Å²) in [6, 6.07) is 4.68. The highest BCUT2D eigenvalue weighted by Crippen LogP contribution is 2.18. The van der Waals surface area contributed by atoms with Crippen molar-refractivity contribution in [3.8, 4) is 0 Å². The Morgan fingerprint density at radius 3 is 2.52 bits per heavy atom. The molecule has 1 aromatic carbocycles. The van der Waals surface area contributed by atoms with Crippen molar-refractivity contribution in [1.29, 1.82) is 0 Å². The molecule has 7 nitrogen and oxygen atoms in total. The molecular weight excluding hydrogens is 349 g/mol. The van der Waals surface area contributed by atoms with Crippen LogP contribution < -0.4 is 10.0 Å². The molecule has 0 unspecified atom stereocenters. The van der Waals surface area contributed by atoms with Gasteiger partial charge in [-0.2, -0.15) is 0 Å². The Balaban J connectivity index is 1.88. The van der Waals surface area contributed by atoms with Gasteiger partial charge in [-0.3, -0.25) is 9.69 Å². The molecule has 0 aliphatic carbocycles. The molecule has 1 amide bonds. The van der Waals surface area contributed by atoms with Crippen molar-refractivity contribution >= 4 is 15.9 Å². The average Bonchev–Trinajstić information content (AvgIpc) is 2.54. The highest BCUT2D eigenvalue weighted by molar-refractivity contribution is 7.88. The second-order valence-corrected chi connectivity index (χ2v) is 7.78. The van der Waals surface area contributed by atoms with Crippen LogP contribution in [-0.2, 0) is 19.6 Å². The number of amides is 1. The summed E-state index contributed by atoms with van der Waals surface area (Å²) >= 11 is 0. The van der Waals surface area contributed by atoms with E-state index in [2.05, 4.69) is 14.9 Å². The molecule has 2 N–H and O–H groups in total. The van der Waals surface area contributed by atoms with Crippen LogP contribution >= 0.6 is 0 Å². The van der Waals surface area contributed by atoms with Gasteiger partial charge in [-0.25, -0.2) is 17.5 Å². The molecule has 2 rings (SSSR count). The van der Waals surface area contributed by atoms with Crippen LogP contribution in [0, 0.1) is 5.82 Å². The second-order valence-electron chi connectivity index (χ2n) is 6.00. The smallest absolute Gasteiger partial charge is 0.221 e. The number of carbonyl (C=O) groups excluding carboxylic acids is 1. The lowest BCUT2D eigenvalue weighted by molar-refractivity contribution is -0.121. The Hall–Kier alpha value is -1.55. The fraction of sp³-hybridized carbons (Fsp3) is 0.562. The maximum atomic E-state index is 13.1. The van der Waals surface area contributed by atoms with Crippen LogP contribution in [0.5, 0.6) is 0 Å². The molecule has 0 radical (unpaired) electrons. The Labute approximate surface area is 147 Å². The number of nitrogens with zero attached hydrogens (tertiary/aromatic N) is 1. The van der Waals surface area contributed by atoms with E-state index < -0.39 is 21.9 Å². The van der Waals surface area contributed by atoms with Crippen molar-refractivity contribution in [3.05, 3.63) is 35.6 Å². The minimum Gasteiger partial charge on any atom is -0.379 e. The summed E-state index contributed by atoms with van der Waals surface area (Å²) in [7, 11) is -3.51. The highest BCUT2D eigenvalue weighted by Gasteiger charge is 2.20. The number of nitrogens with one attached hydrogen (secondary N) is 2. The monoisotopic (exact) mass is 373 g/mol. The Kier molecular flexibility index (Phi) is 7.30. The van der Waals surface area contributed by atoms with Crippen molar-refractivity contribution in [3.63, 3.8) is 0 Å². The van der Waals surface area contributed by atoms with Gasteiger partial charge >= 0.3 is 0 Å². The van der Waals surface area contributed by atoms with Gasteiger partial charge in [0.15, 0.2) is 0 Å². The van der Waals surface area contributed by atoms with Gasteiger partial charge in [0, 0.05) is 32.6 Å². The van der Waals surface area contributed by atoms with Gasteiger partial charge in [0.25, 0.3) is 0 Å². The van der Waals surface area contributed by atoms with Crippen LogP contribution in [0.4, 0.5) is 4.39 Å². The number of rotatable bonds is 8. The van der Waals surface area contributed by atoms with Crippen LogP contribution in [0.15, 0.2) is 24.3 Å². The highest BCUT2D eigenvalue weighted by atomic mass is 32.2. The van der Waals surface area contributed by atoms with E-state index in [-0.39, 0.29) is 12.3 Å². The largest absolute Gasteiger partial charge is 0.379 e. The molecule has 0 saturated carbocycles. The average molecular weight is 373 g/mol. The number of benzene rings is 1. The zero-order valence-corrected chi connectivity index (χ0v) is 15.0. The number of halogens is 1. The van der Waals surface area contributed by atoms with Gasteiger partial charge in [0.2, 0.25) is 15.9 Å². The van der Waals surface area contributed by atoms with Gasteiger partial charge in [-0.1, -0.05) is 12.1 Å². The number of sulfonamides is 1. The van der Waals surface area contributed by atoms with Gasteiger partial charge in [0.1, 0.15) is 5.82 Å². The zero-order valence-electron chi connectivity index (χ0n) is 14.2. The summed E-state index contributed by atoms with van der Waals surface area (Å²) in [6.45, 7) is 4.26. The predicted molar refractivity (Wildman–Crippen MR) is 92.0 cm³/mol. The molecule has 1 atom stereocenters. The molecule has 1 saturated heterocycles. The summed E-state index contributed by atoms with van der Waals surface area (Å²) in [5.41, 5.74) is 0.537. The summed E-state index contributed by atoms with van der Waals surface area (Å²) in [5.74, 6) is -0.685. The van der Waals surface area contributed by atoms with Crippen molar-refractivity contribution in [2.75, 3.05) is 45.6 Å². The molecule has 25 heavy (non-hydrogen) atoms. The van der Waals surface area contributed by atoms with E-state index in [0.29, 0.717) is 25.3 Å². The van der Waals surface area contributed by atoms with Crippen LogP contribution in [-0.4, -0.2) is 64.9 Å². The van der Waals surface area contributed by atoms with Crippen LogP contribution in [0.2, 0.25) is 0 Å². The van der Waals surface area contributed by atoms with Crippen molar-refractivity contribution < 1.29 is 22.3 Å². The lowest BCUT2D eigenvalue weighted by Crippen LogP contribution is -2.42. The normalized spacial score (nSPS) is 17.2. The topological polar surface area (TPSA) is 87.7 Å². The summed E-state index contributed by atoms with van der Waals surface area (Å²) in [5, 5.41) is 2.80. The van der Waals surface area contributed by atoms with E-state index in [1.165, 1.54) is 24.3 Å². The van der Waals surface area contributed by atoms with E-state index in [0.717, 1.165) is 25.9 Å². The summed E-state index contributed by atoms with van der Waals surface area (Å²) in [6.07, 6.45) is 0.974. The number of hydrogen-bond acceptors (Lipinski definition) is 5. The van der Waals surface area contributed by atoms with Crippen LogP contribution in [0.3, 0.4) is 0 Å². The van der Waals surface area contributed by atoms with Gasteiger partial charge in [0.05, 0.1) is 25.5 Å². The first-order valence-electron chi connectivity index (χ1n) is 8.13. The third-order valence-electron chi connectivity index (χ3n) is 3.87. The molecule has 9 heteroatoms. The number of hydrogen-bond donors (Lipinski definition) is 2. The lowest BCUT2D eigenvalue weighted by Gasteiger charge is -2.26. The standard InChI is InChI=1S/C16H24FN3O4S/c1-25(22,23)19-15(13-2-4-14(17)5-3-13)12-16(21)18-6-7-20-8-10-24-11-9-20/h2-5,15,19H,6-12H2,1H3,(H,18,21)/t15-/m0/s1. The first kappa shape index (κ1) is 19.8. The van der Waals surface area contributed by atoms with E-state index in [9.17, 15) is 17.6 Å². The van der Waals surface area contributed by atoms with Gasteiger partial charge in [-0.05, 0) is 17.7 Å². The van der Waals surface area contributed by atoms with Gasteiger partial charge < -0.3 is 10.1 Å². The molecule has 140 valence electrons. The zero-order chi connectivity index (χ0) is 18.3. The molecule has 1 aliphatic rings. The minimum atomic E-state index is -3.51. The van der Waals surface area contributed by atoms with E-state index in [4.69, 9.17) is 4.74 Å². The van der Waals surface area contributed by atoms with E-state index in [1.807, 2.05) is 0 Å². The van der Waals surface area contributed by atoms with E-state index >= 15 is 0 Å². The summed E-state index contributed by atoms with van der Waals surface area (Å²) < 4.78 is 43.8. The van der Waals surface area contributed by atoms with Crippen molar-refractivity contribution in [2.24, 2.45) is 0 Å². The fourth-order valence-electron chi connectivity index (χ4n) is 2.62. The SMILES string of the molecule is CS(=O)(=O)N[C@@H](CC(=O)NCCN1CCOCC1)c1ccc(F)cc1. The van der Waals surface area contributed by atoms with Crippen LogP contribution in [0.1, 0.15) is 18.0 Å². The number of ether oxygens (including phenoxy) is 1. The first-order chi connectivity index (χ1) is 11.8. The quantitative estimate of drug-likeness (QED) is 0.682. The number of morpholine rings is 1. The van der Waals surface area contributed by atoms with E-state index in [1.54, 1.807) is 0 Å². The minimum absolute atomic E-state index is 0.0538. The lowest BCUT2D eigenvalue weighted by atomic mass is 10.0. The predicted octanol–water partition coefficient (Wildman–Crippen LogP) is 0.255. The maximum Gasteiger partial charge on any atom is 0.221 e. The molecule has 0 bridgehead atoms. The second kappa shape index (κ2) is 9.23. The molecular formula is C16H24FN3O4S. The fourth-order valence-corrected chi connectivity index (χ4v) is 3.35. The molecule has 1 heterocycles. The molecule has 0 aromatic heterocycles. The Bertz CT molecular complexity index is 660. The molecule has 1 aliphatic heterocycles. The third-order valence-corrected chi connectivity index (χ3v) is 4.58. The molecule has 0 spiro atoms. The Morgan fingerprint density at radius 1 is 1.28 bits per heavy atom. The maximum absolute atomic E-state index is 13.1. The first-order valence-corrected chi connectivity index (χ1v) is 10.0. The Morgan fingerprint density at radius 2 is 1.92 bits per heavy atom. The van der Waals surface area contributed by atoms with Crippen LogP contribution in [0.25, 0.3) is 0 Å². The van der Waals surface area contributed by atoms with Crippen molar-refractivity contribution in [1.82, 2.24) is 14.9 Å². The molecule has 1 fully saturated rings. The molecule has 1 aromatic rings. The van der Waals surface area contributed by atoms with Crippen molar-refractivity contribution in [2.45, 2.75) is 12.5 Å². The van der Waals surface area contributed by atoms with Gasteiger partial charge in [-0.15, -0.1) is 0 Å². The summed E-state index contributed by atoms with van der Waals surface area (Å²) in [4.78, 5) is 14.3. The third kappa shape index (κ3) is 7.47.